The number of benzene rings is 1. The molecule has 2 N–H and O–H groups in total. The molecule has 3 rings (SSSR count). The van der Waals surface area contributed by atoms with Crippen LogP contribution in [0.2, 0.25) is 0 Å². The third-order valence-electron chi connectivity index (χ3n) is 3.70. The Hall–Kier alpha value is -2.50. The summed E-state index contributed by atoms with van der Waals surface area (Å²) in [6.07, 6.45) is 7.11. The summed E-state index contributed by atoms with van der Waals surface area (Å²) in [5.74, 6) is 0.860. The topological polar surface area (TPSA) is 68.2 Å². The zero-order valence-corrected chi connectivity index (χ0v) is 12.4. The van der Waals surface area contributed by atoms with Crippen LogP contribution in [0.25, 0.3) is 0 Å². The number of rotatable bonds is 5. The lowest BCUT2D eigenvalue weighted by Crippen LogP contribution is -2.40. The number of urea groups is 1. The third-order valence-corrected chi connectivity index (χ3v) is 3.70. The number of para-hydroxylation sites is 1. The summed E-state index contributed by atoms with van der Waals surface area (Å²) in [6.45, 7) is 2.11. The molecule has 22 heavy (non-hydrogen) atoms. The van der Waals surface area contributed by atoms with Gasteiger partial charge in [-0.25, -0.2) is 9.78 Å². The molecule has 6 heteroatoms. The first kappa shape index (κ1) is 14.4. The van der Waals surface area contributed by atoms with E-state index in [0.717, 1.165) is 30.7 Å². The second kappa shape index (κ2) is 6.98. The number of carbonyl (C=O) groups is 1. The molecule has 0 fully saturated rings. The highest BCUT2D eigenvalue weighted by molar-refractivity contribution is 5.74. The van der Waals surface area contributed by atoms with Crippen molar-refractivity contribution < 1.29 is 9.53 Å². The molecule has 116 valence electrons. The fourth-order valence-electron chi connectivity index (χ4n) is 2.58. The minimum Gasteiger partial charge on any atom is -0.493 e. The van der Waals surface area contributed by atoms with Crippen molar-refractivity contribution in [1.82, 2.24) is 20.2 Å². The molecule has 0 aliphatic carbocycles. The minimum absolute atomic E-state index is 0.0126. The zero-order chi connectivity index (χ0) is 15.2. The van der Waals surface area contributed by atoms with Gasteiger partial charge in [0, 0.05) is 37.5 Å². The van der Waals surface area contributed by atoms with Crippen LogP contribution < -0.4 is 15.4 Å². The smallest absolute Gasteiger partial charge is 0.315 e. The third kappa shape index (κ3) is 3.58. The van der Waals surface area contributed by atoms with Crippen molar-refractivity contribution in [1.29, 1.82) is 0 Å². The number of ether oxygens (including phenoxy) is 1. The van der Waals surface area contributed by atoms with Crippen molar-refractivity contribution in [2.24, 2.45) is 0 Å². The number of carbonyl (C=O) groups excluding carboxylic acids is 1. The number of hydrogen-bond donors (Lipinski definition) is 2. The summed E-state index contributed by atoms with van der Waals surface area (Å²) in [6, 6.07) is 7.72. The number of fused-ring (bicyclic) bond motifs is 1. The monoisotopic (exact) mass is 300 g/mol. The molecule has 1 atom stereocenters. The van der Waals surface area contributed by atoms with Crippen LogP contribution in [0.15, 0.2) is 43.0 Å². The standard InChI is InChI=1S/C16H20N4O2/c21-16(18-7-3-9-20-10-8-17-12-20)19-14-6-11-22-15-5-2-1-4-13(14)15/h1-2,4-5,8,10,12,14H,3,6-7,9,11H2,(H2,18,19,21)/t14-/m1/s1. The summed E-state index contributed by atoms with van der Waals surface area (Å²) in [5, 5.41) is 5.92. The van der Waals surface area contributed by atoms with Crippen molar-refractivity contribution in [2.45, 2.75) is 25.4 Å². The molecular weight excluding hydrogens is 280 g/mol. The van der Waals surface area contributed by atoms with Crippen molar-refractivity contribution in [2.75, 3.05) is 13.2 Å². The average Bonchev–Trinajstić information content (AvgIpc) is 3.05. The molecule has 0 unspecified atom stereocenters. The molecule has 1 aliphatic rings. The molecule has 0 bridgehead atoms. The molecule has 2 amide bonds. The van der Waals surface area contributed by atoms with Gasteiger partial charge in [0.25, 0.3) is 0 Å². The van der Waals surface area contributed by atoms with Crippen LogP contribution in [0.3, 0.4) is 0 Å². The number of imidazole rings is 1. The number of hydrogen-bond acceptors (Lipinski definition) is 3. The number of nitrogens with one attached hydrogen (secondary N) is 2. The van der Waals surface area contributed by atoms with Gasteiger partial charge < -0.3 is 19.9 Å². The van der Waals surface area contributed by atoms with Gasteiger partial charge >= 0.3 is 6.03 Å². The maximum atomic E-state index is 12.0. The molecule has 0 spiro atoms. The molecule has 6 nitrogen and oxygen atoms in total. The quantitative estimate of drug-likeness (QED) is 0.831. The van der Waals surface area contributed by atoms with Crippen LogP contribution in [0.4, 0.5) is 4.79 Å². The Bertz CT molecular complexity index is 612. The van der Waals surface area contributed by atoms with Crippen LogP contribution in [0, 0.1) is 0 Å². The number of nitrogens with zero attached hydrogens (tertiary/aromatic N) is 2. The second-order valence-corrected chi connectivity index (χ2v) is 5.28. The Morgan fingerprint density at radius 3 is 3.18 bits per heavy atom. The maximum absolute atomic E-state index is 12.0. The Labute approximate surface area is 129 Å². The van der Waals surface area contributed by atoms with Gasteiger partial charge in [-0.1, -0.05) is 18.2 Å². The largest absolute Gasteiger partial charge is 0.493 e. The van der Waals surface area contributed by atoms with Gasteiger partial charge in [0.05, 0.1) is 19.0 Å². The molecule has 2 heterocycles. The van der Waals surface area contributed by atoms with Gasteiger partial charge in [-0.05, 0) is 12.5 Å². The summed E-state index contributed by atoms with van der Waals surface area (Å²) in [7, 11) is 0. The van der Waals surface area contributed by atoms with Gasteiger partial charge in [0.15, 0.2) is 0 Å². The maximum Gasteiger partial charge on any atom is 0.315 e. The van der Waals surface area contributed by atoms with E-state index in [1.807, 2.05) is 35.0 Å². The SMILES string of the molecule is O=C(NCCCn1ccnc1)N[C@@H]1CCOc2ccccc21. The lowest BCUT2D eigenvalue weighted by atomic mass is 10.0. The second-order valence-electron chi connectivity index (χ2n) is 5.28. The Morgan fingerprint density at radius 2 is 2.32 bits per heavy atom. The lowest BCUT2D eigenvalue weighted by Gasteiger charge is -2.26. The first-order chi connectivity index (χ1) is 10.8. The highest BCUT2D eigenvalue weighted by atomic mass is 16.5. The van der Waals surface area contributed by atoms with Gasteiger partial charge in [0.1, 0.15) is 5.75 Å². The van der Waals surface area contributed by atoms with Crippen LogP contribution in [-0.4, -0.2) is 28.7 Å². The summed E-state index contributed by atoms with van der Waals surface area (Å²) < 4.78 is 7.59. The van der Waals surface area contributed by atoms with E-state index in [0.29, 0.717) is 13.2 Å². The van der Waals surface area contributed by atoms with Gasteiger partial charge in [-0.3, -0.25) is 0 Å². The van der Waals surface area contributed by atoms with Gasteiger partial charge in [-0.2, -0.15) is 0 Å². The van der Waals surface area contributed by atoms with E-state index in [1.54, 1.807) is 12.5 Å². The number of aromatic nitrogens is 2. The van der Waals surface area contributed by atoms with Crippen molar-refractivity contribution in [3.8, 4) is 5.75 Å². The Balaban J connectivity index is 1.44. The predicted molar refractivity (Wildman–Crippen MR) is 82.7 cm³/mol. The molecule has 1 aromatic heterocycles. The summed E-state index contributed by atoms with van der Waals surface area (Å²) in [4.78, 5) is 16.0. The lowest BCUT2D eigenvalue weighted by molar-refractivity contribution is 0.223. The Kier molecular flexibility index (Phi) is 4.58. The molecular formula is C16H20N4O2. The molecule has 0 saturated heterocycles. The van der Waals surface area contributed by atoms with Crippen molar-refractivity contribution in [3.05, 3.63) is 48.5 Å². The predicted octanol–water partition coefficient (Wildman–Crippen LogP) is 2.10. The van der Waals surface area contributed by atoms with E-state index >= 15 is 0 Å². The molecule has 2 aromatic rings. The van der Waals surface area contributed by atoms with E-state index < -0.39 is 0 Å². The van der Waals surface area contributed by atoms with E-state index in [4.69, 9.17) is 4.74 Å². The Morgan fingerprint density at radius 1 is 1.41 bits per heavy atom. The van der Waals surface area contributed by atoms with E-state index in [9.17, 15) is 4.79 Å². The zero-order valence-electron chi connectivity index (χ0n) is 12.4. The van der Waals surface area contributed by atoms with Crippen LogP contribution in [-0.2, 0) is 6.54 Å². The molecule has 1 aliphatic heterocycles. The fraction of sp³-hybridized carbons (Fsp3) is 0.375. The minimum atomic E-state index is -0.132. The molecule has 0 radical (unpaired) electrons. The first-order valence-electron chi connectivity index (χ1n) is 7.55. The summed E-state index contributed by atoms with van der Waals surface area (Å²) in [5.41, 5.74) is 1.04. The normalized spacial score (nSPS) is 16.5. The highest BCUT2D eigenvalue weighted by Crippen LogP contribution is 2.31. The van der Waals surface area contributed by atoms with Gasteiger partial charge in [-0.15, -0.1) is 0 Å². The van der Waals surface area contributed by atoms with E-state index in [2.05, 4.69) is 15.6 Å². The van der Waals surface area contributed by atoms with Crippen LogP contribution in [0.1, 0.15) is 24.4 Å². The van der Waals surface area contributed by atoms with Crippen LogP contribution in [0.5, 0.6) is 5.75 Å². The van der Waals surface area contributed by atoms with Crippen molar-refractivity contribution >= 4 is 6.03 Å². The molecule has 0 saturated carbocycles. The fourth-order valence-corrected chi connectivity index (χ4v) is 2.58. The van der Waals surface area contributed by atoms with Gasteiger partial charge in [0.2, 0.25) is 0 Å². The summed E-state index contributed by atoms with van der Waals surface area (Å²) >= 11 is 0. The molecule has 1 aromatic carbocycles. The van der Waals surface area contributed by atoms with E-state index in [1.165, 1.54) is 0 Å². The first-order valence-corrected chi connectivity index (χ1v) is 7.55. The van der Waals surface area contributed by atoms with Crippen LogP contribution >= 0.6 is 0 Å². The van der Waals surface area contributed by atoms with Crippen molar-refractivity contribution in [3.63, 3.8) is 0 Å². The van der Waals surface area contributed by atoms with E-state index in [-0.39, 0.29) is 12.1 Å². The highest BCUT2D eigenvalue weighted by Gasteiger charge is 2.22. The average molecular weight is 300 g/mol. The number of amides is 2. The number of aryl methyl sites for hydroxylation is 1.